The molecule has 3 aromatic heterocycles. The first-order chi connectivity index (χ1) is 19.0. The van der Waals surface area contributed by atoms with Gasteiger partial charge in [0.15, 0.2) is 0 Å². The van der Waals surface area contributed by atoms with Gasteiger partial charge in [0.25, 0.3) is 0 Å². The Morgan fingerprint density at radius 1 is 0.919 bits per heavy atom. The maximum atomic E-state index is 9.52. The van der Waals surface area contributed by atoms with Crippen molar-refractivity contribution in [3.8, 4) is 28.3 Å². The van der Waals surface area contributed by atoms with Crippen LogP contribution in [0, 0.1) is 12.9 Å². The van der Waals surface area contributed by atoms with Gasteiger partial charge in [-0.25, -0.2) is 0 Å². The van der Waals surface area contributed by atoms with E-state index in [2.05, 4.69) is 16.0 Å². The van der Waals surface area contributed by atoms with Crippen molar-refractivity contribution in [2.45, 2.75) is 26.6 Å². The van der Waals surface area contributed by atoms with Gasteiger partial charge in [-0.15, -0.1) is 18.2 Å². The number of pyridine rings is 2. The van der Waals surface area contributed by atoms with E-state index in [1.807, 2.05) is 66.7 Å². The summed E-state index contributed by atoms with van der Waals surface area (Å²) in [5.74, 6) is -0.815. The number of benzene rings is 3. The van der Waals surface area contributed by atoms with Crippen LogP contribution in [-0.2, 0) is 20.1 Å². The third kappa shape index (κ3) is 5.48. The Bertz CT molecular complexity index is 1800. The second kappa shape index (κ2) is 11.5. The molecule has 0 unspecified atom stereocenters. The van der Waals surface area contributed by atoms with Crippen molar-refractivity contribution in [2.24, 2.45) is 0 Å². The quantitative estimate of drug-likeness (QED) is 0.193. The molecule has 0 atom stereocenters. The number of para-hydroxylation sites is 2. The molecule has 0 saturated carbocycles. The number of aromatic hydroxyl groups is 1. The van der Waals surface area contributed by atoms with E-state index >= 15 is 0 Å². The van der Waals surface area contributed by atoms with Crippen LogP contribution in [0.25, 0.3) is 44.5 Å². The van der Waals surface area contributed by atoms with Crippen molar-refractivity contribution in [2.75, 3.05) is 0 Å². The average Bonchev–Trinajstić information content (AvgIpc) is 3.32. The summed E-state index contributed by atoms with van der Waals surface area (Å²) in [4.78, 5) is 8.53. The topological polar surface area (TPSA) is 59.2 Å². The molecule has 37 heavy (non-hydrogen) atoms. The summed E-state index contributed by atoms with van der Waals surface area (Å²) >= 11 is 0. The summed E-state index contributed by atoms with van der Waals surface area (Å²) < 4.78 is 37.7. The molecule has 0 aliphatic rings. The molecular formula is C32H27IrN2O2-. The molecule has 3 heterocycles. The third-order valence-corrected chi connectivity index (χ3v) is 5.88. The SMILES string of the molecule is Oc1ccccc1-c1ccccn1.[2H]C([2H])([2H])c1cnc(-c2[c-]ccc3c2oc2ccccc23)cc1C([2H])(C)C.[Ir]. The largest absolute Gasteiger partial charge is 0.507 e. The molecule has 0 fully saturated rings. The van der Waals surface area contributed by atoms with Gasteiger partial charge in [0, 0.05) is 48.9 Å². The van der Waals surface area contributed by atoms with E-state index in [1.54, 1.807) is 38.2 Å². The zero-order valence-corrected chi connectivity index (χ0v) is 22.7. The van der Waals surface area contributed by atoms with Crippen LogP contribution in [0.15, 0.2) is 102 Å². The summed E-state index contributed by atoms with van der Waals surface area (Å²) in [6, 6.07) is 29.2. The van der Waals surface area contributed by atoms with Gasteiger partial charge in [-0.1, -0.05) is 67.3 Å². The summed E-state index contributed by atoms with van der Waals surface area (Å²) in [5, 5.41) is 11.5. The van der Waals surface area contributed by atoms with E-state index in [0.717, 1.165) is 27.6 Å². The minimum absolute atomic E-state index is 0. The first-order valence-electron chi connectivity index (χ1n) is 13.6. The van der Waals surface area contributed by atoms with E-state index in [4.69, 9.17) is 9.90 Å². The monoisotopic (exact) mass is 668 g/mol. The number of furan rings is 1. The van der Waals surface area contributed by atoms with Gasteiger partial charge < -0.3 is 14.5 Å². The van der Waals surface area contributed by atoms with Crippen LogP contribution in [0.1, 0.15) is 36.4 Å². The minimum atomic E-state index is -2.33. The van der Waals surface area contributed by atoms with Crippen molar-refractivity contribution >= 4 is 21.9 Å². The predicted octanol–water partition coefficient (Wildman–Crippen LogP) is 8.33. The molecule has 0 amide bonds. The molecule has 0 saturated heterocycles. The van der Waals surface area contributed by atoms with Crippen molar-refractivity contribution in [3.05, 3.63) is 115 Å². The standard InChI is InChI=1S/C21H18NO.C11H9NO.Ir/c1-13(2)18-11-19(22-12-14(18)3)17-9-6-8-16-15-7-4-5-10-20(15)23-21(16)17;13-11-7-2-1-5-9(11)10-6-3-4-8-12-10;/h4-8,10-13H,1-3H3;1-8,13H;/q-1;;/i3D3,13D;;. The molecule has 1 N–H and O–H groups in total. The summed E-state index contributed by atoms with van der Waals surface area (Å²) in [5.41, 5.74) is 4.71. The second-order valence-electron chi connectivity index (χ2n) is 8.54. The van der Waals surface area contributed by atoms with Crippen LogP contribution >= 0.6 is 0 Å². The van der Waals surface area contributed by atoms with Crippen molar-refractivity contribution in [1.82, 2.24) is 9.97 Å². The van der Waals surface area contributed by atoms with Crippen molar-refractivity contribution in [3.63, 3.8) is 0 Å². The Balaban J connectivity index is 0.000000233. The van der Waals surface area contributed by atoms with E-state index in [1.165, 1.54) is 6.20 Å². The number of phenolic OH excluding ortho intramolecular Hbond substituents is 1. The summed E-state index contributed by atoms with van der Waals surface area (Å²) in [6.07, 6.45) is 3.06. The zero-order chi connectivity index (χ0) is 28.5. The molecule has 3 aromatic carbocycles. The van der Waals surface area contributed by atoms with E-state index in [-0.39, 0.29) is 31.4 Å². The Kier molecular flexibility index (Phi) is 6.63. The smallest absolute Gasteiger partial charge is 0.124 e. The van der Waals surface area contributed by atoms with Crippen molar-refractivity contribution in [1.29, 1.82) is 0 Å². The molecule has 6 aromatic rings. The fourth-order valence-electron chi connectivity index (χ4n) is 4.10. The normalized spacial score (nSPS) is 12.9. The number of hydrogen-bond donors (Lipinski definition) is 1. The molecule has 0 aliphatic heterocycles. The van der Waals surface area contributed by atoms with Gasteiger partial charge in [0.05, 0.1) is 11.3 Å². The van der Waals surface area contributed by atoms with E-state index < -0.39 is 12.7 Å². The van der Waals surface area contributed by atoms with Gasteiger partial charge >= 0.3 is 0 Å². The van der Waals surface area contributed by atoms with Gasteiger partial charge in [-0.05, 0) is 59.9 Å². The van der Waals surface area contributed by atoms with E-state index in [0.29, 0.717) is 22.4 Å². The fourth-order valence-corrected chi connectivity index (χ4v) is 4.10. The number of fused-ring (bicyclic) bond motifs is 3. The van der Waals surface area contributed by atoms with Crippen LogP contribution in [-0.4, -0.2) is 15.1 Å². The molecule has 1 radical (unpaired) electrons. The number of phenols is 1. The molecule has 187 valence electrons. The summed E-state index contributed by atoms with van der Waals surface area (Å²) in [6.45, 7) is 1.02. The molecule has 6 rings (SSSR count). The maximum Gasteiger partial charge on any atom is 0.124 e. The van der Waals surface area contributed by atoms with Gasteiger partial charge in [-0.3, -0.25) is 4.98 Å². The van der Waals surface area contributed by atoms with Crippen LogP contribution < -0.4 is 0 Å². The molecule has 4 nitrogen and oxygen atoms in total. The van der Waals surface area contributed by atoms with Gasteiger partial charge in [-0.2, -0.15) is 0 Å². The minimum Gasteiger partial charge on any atom is -0.507 e. The Labute approximate surface area is 236 Å². The fraction of sp³-hybridized carbons (Fsp3) is 0.125. The molecule has 5 heteroatoms. The Morgan fingerprint density at radius 3 is 2.46 bits per heavy atom. The molecule has 0 spiro atoms. The Hall–Kier alpha value is -3.79. The second-order valence-corrected chi connectivity index (χ2v) is 8.54. The number of aryl methyl sites for hydroxylation is 1. The van der Waals surface area contributed by atoms with Gasteiger partial charge in [0.2, 0.25) is 0 Å². The van der Waals surface area contributed by atoms with Gasteiger partial charge in [0.1, 0.15) is 11.3 Å². The first kappa shape index (κ1) is 21.3. The number of nitrogens with zero attached hydrogens (tertiary/aromatic N) is 2. The van der Waals surface area contributed by atoms with Crippen LogP contribution in [0.3, 0.4) is 0 Å². The predicted molar refractivity (Wildman–Crippen MR) is 146 cm³/mol. The van der Waals surface area contributed by atoms with Crippen LogP contribution in [0.5, 0.6) is 5.75 Å². The third-order valence-electron chi connectivity index (χ3n) is 5.88. The van der Waals surface area contributed by atoms with Crippen molar-refractivity contribution < 1.29 is 35.1 Å². The number of hydrogen-bond acceptors (Lipinski definition) is 4. The van der Waals surface area contributed by atoms with E-state index in [9.17, 15) is 5.11 Å². The number of aromatic nitrogens is 2. The van der Waals surface area contributed by atoms with Crippen LogP contribution in [0.4, 0.5) is 0 Å². The average molecular weight is 668 g/mol. The first-order valence-corrected chi connectivity index (χ1v) is 11.6. The maximum absolute atomic E-state index is 9.52. The Morgan fingerprint density at radius 2 is 1.70 bits per heavy atom. The molecular weight excluding hydrogens is 637 g/mol. The zero-order valence-electron chi connectivity index (χ0n) is 24.3. The molecule has 0 aliphatic carbocycles. The molecule has 0 bridgehead atoms. The summed E-state index contributed by atoms with van der Waals surface area (Å²) in [7, 11) is 0. The van der Waals surface area contributed by atoms with Crippen LogP contribution in [0.2, 0.25) is 0 Å². The number of rotatable bonds is 3.